The van der Waals surface area contributed by atoms with E-state index < -0.39 is 5.66 Å². The molecule has 0 radical (unpaired) electrons. The highest BCUT2D eigenvalue weighted by atomic mass is 79.9. The molecule has 2 rings (SSSR count). The Morgan fingerprint density at radius 1 is 1.33 bits per heavy atom. The molecule has 0 saturated carbocycles. The first-order valence-electron chi connectivity index (χ1n) is 4.69. The summed E-state index contributed by atoms with van der Waals surface area (Å²) in [6, 6.07) is 7.97. The molecule has 0 fully saturated rings. The lowest BCUT2D eigenvalue weighted by atomic mass is 10.0. The highest BCUT2D eigenvalue weighted by Crippen LogP contribution is 2.32. The quantitative estimate of drug-likeness (QED) is 0.834. The van der Waals surface area contributed by atoms with Crippen LogP contribution in [0.4, 0.5) is 0 Å². The number of halogens is 1. The largest absolute Gasteiger partial charge is 0.382 e. The van der Waals surface area contributed by atoms with Gasteiger partial charge < -0.3 is 5.73 Å². The second kappa shape index (κ2) is 3.45. The van der Waals surface area contributed by atoms with E-state index in [2.05, 4.69) is 25.9 Å². The van der Waals surface area contributed by atoms with Crippen molar-refractivity contribution in [2.45, 2.75) is 19.5 Å². The van der Waals surface area contributed by atoms with Crippen molar-refractivity contribution in [1.29, 1.82) is 0 Å². The van der Waals surface area contributed by atoms with E-state index in [1.54, 1.807) is 0 Å². The first kappa shape index (κ1) is 10.4. The molecular weight excluding hydrogens is 254 g/mol. The minimum atomic E-state index is -0.558. The van der Waals surface area contributed by atoms with Crippen molar-refractivity contribution < 1.29 is 0 Å². The second-order valence-electron chi connectivity index (χ2n) is 3.73. The Hall–Kier alpha value is -1.16. The van der Waals surface area contributed by atoms with Crippen molar-refractivity contribution in [2.24, 2.45) is 15.7 Å². The van der Waals surface area contributed by atoms with Crippen LogP contribution in [0, 0.1) is 0 Å². The van der Waals surface area contributed by atoms with Crippen molar-refractivity contribution in [3.63, 3.8) is 0 Å². The summed E-state index contributed by atoms with van der Waals surface area (Å²) >= 11 is 3.44. The topological polar surface area (TPSA) is 50.7 Å². The summed E-state index contributed by atoms with van der Waals surface area (Å²) in [5, 5.41) is 0. The van der Waals surface area contributed by atoms with Crippen LogP contribution in [0.15, 0.2) is 38.7 Å². The molecule has 1 aliphatic heterocycles. The average molecular weight is 266 g/mol. The molecule has 0 aliphatic carbocycles. The SMILES string of the molecule is CC1=NC(C)(c2cccc(Br)c2)N=C1N. The van der Waals surface area contributed by atoms with Gasteiger partial charge in [-0.15, -0.1) is 0 Å². The fourth-order valence-corrected chi connectivity index (χ4v) is 2.04. The molecule has 2 N–H and O–H groups in total. The zero-order valence-corrected chi connectivity index (χ0v) is 10.2. The zero-order chi connectivity index (χ0) is 11.1. The maximum absolute atomic E-state index is 5.74. The summed E-state index contributed by atoms with van der Waals surface area (Å²) < 4.78 is 1.02. The van der Waals surface area contributed by atoms with E-state index in [0.717, 1.165) is 15.7 Å². The molecule has 0 aromatic heterocycles. The van der Waals surface area contributed by atoms with E-state index in [1.165, 1.54) is 0 Å². The predicted molar refractivity (Wildman–Crippen MR) is 66.2 cm³/mol. The monoisotopic (exact) mass is 265 g/mol. The predicted octanol–water partition coefficient (Wildman–Crippen LogP) is 2.45. The summed E-state index contributed by atoms with van der Waals surface area (Å²) in [6.07, 6.45) is 0. The van der Waals surface area contributed by atoms with Gasteiger partial charge in [-0.25, -0.2) is 4.99 Å². The van der Waals surface area contributed by atoms with Gasteiger partial charge >= 0.3 is 0 Å². The van der Waals surface area contributed by atoms with Crippen LogP contribution in [0.2, 0.25) is 0 Å². The number of amidine groups is 1. The van der Waals surface area contributed by atoms with E-state index in [4.69, 9.17) is 5.73 Å². The van der Waals surface area contributed by atoms with Crippen LogP contribution in [0.25, 0.3) is 0 Å². The first-order chi connectivity index (χ1) is 7.01. The molecule has 1 aliphatic rings. The maximum atomic E-state index is 5.74. The second-order valence-corrected chi connectivity index (χ2v) is 4.64. The van der Waals surface area contributed by atoms with Gasteiger partial charge in [-0.1, -0.05) is 28.1 Å². The van der Waals surface area contributed by atoms with E-state index in [0.29, 0.717) is 5.84 Å². The van der Waals surface area contributed by atoms with E-state index in [-0.39, 0.29) is 0 Å². The van der Waals surface area contributed by atoms with Gasteiger partial charge in [-0.3, -0.25) is 4.99 Å². The third-order valence-corrected chi connectivity index (χ3v) is 2.96. The lowest BCUT2D eigenvalue weighted by molar-refractivity contribution is 0.540. The van der Waals surface area contributed by atoms with Crippen LogP contribution in [0.1, 0.15) is 19.4 Å². The zero-order valence-electron chi connectivity index (χ0n) is 8.66. The normalized spacial score (nSPS) is 25.0. The minimum Gasteiger partial charge on any atom is -0.382 e. The minimum absolute atomic E-state index is 0.525. The molecule has 0 bridgehead atoms. The Balaban J connectivity index is 2.49. The van der Waals surface area contributed by atoms with Gasteiger partial charge in [0.2, 0.25) is 0 Å². The summed E-state index contributed by atoms with van der Waals surface area (Å²) in [6.45, 7) is 3.83. The molecule has 15 heavy (non-hydrogen) atoms. The Kier molecular flexibility index (Phi) is 2.38. The Bertz CT molecular complexity index is 445. The number of nitrogens with zero attached hydrogens (tertiary/aromatic N) is 2. The number of benzene rings is 1. The highest BCUT2D eigenvalue weighted by molar-refractivity contribution is 9.10. The van der Waals surface area contributed by atoms with Crippen LogP contribution in [0.3, 0.4) is 0 Å². The fraction of sp³-hybridized carbons (Fsp3) is 0.273. The average Bonchev–Trinajstić information content (AvgIpc) is 2.42. The number of rotatable bonds is 1. The van der Waals surface area contributed by atoms with Crippen molar-refractivity contribution in [1.82, 2.24) is 0 Å². The molecule has 1 atom stereocenters. The molecule has 1 unspecified atom stereocenters. The van der Waals surface area contributed by atoms with Crippen LogP contribution in [0.5, 0.6) is 0 Å². The van der Waals surface area contributed by atoms with Gasteiger partial charge in [0.1, 0.15) is 5.84 Å². The van der Waals surface area contributed by atoms with Gasteiger partial charge in [0.05, 0.1) is 5.71 Å². The van der Waals surface area contributed by atoms with Gasteiger partial charge in [-0.2, -0.15) is 0 Å². The highest BCUT2D eigenvalue weighted by Gasteiger charge is 2.30. The third kappa shape index (κ3) is 1.81. The molecule has 4 heteroatoms. The Morgan fingerprint density at radius 3 is 2.60 bits per heavy atom. The van der Waals surface area contributed by atoms with Gasteiger partial charge in [0, 0.05) is 10.0 Å². The van der Waals surface area contributed by atoms with Crippen LogP contribution in [-0.4, -0.2) is 11.5 Å². The lowest BCUT2D eigenvalue weighted by Gasteiger charge is -2.17. The smallest absolute Gasteiger partial charge is 0.175 e. The lowest BCUT2D eigenvalue weighted by Crippen LogP contribution is -2.18. The molecule has 1 heterocycles. The molecular formula is C11H12BrN3. The summed E-state index contributed by atoms with van der Waals surface area (Å²) in [4.78, 5) is 8.86. The summed E-state index contributed by atoms with van der Waals surface area (Å²) in [7, 11) is 0. The number of hydrogen-bond donors (Lipinski definition) is 1. The van der Waals surface area contributed by atoms with Crippen LogP contribution >= 0.6 is 15.9 Å². The van der Waals surface area contributed by atoms with E-state index in [9.17, 15) is 0 Å². The maximum Gasteiger partial charge on any atom is 0.175 e. The Labute approximate surface area is 97.2 Å². The summed E-state index contributed by atoms with van der Waals surface area (Å²) in [5.41, 5.74) is 7.02. The van der Waals surface area contributed by atoms with Gasteiger partial charge in [0.25, 0.3) is 0 Å². The van der Waals surface area contributed by atoms with Crippen molar-refractivity contribution in [2.75, 3.05) is 0 Å². The van der Waals surface area contributed by atoms with Crippen molar-refractivity contribution >= 4 is 27.5 Å². The molecule has 1 aromatic carbocycles. The Morgan fingerprint density at radius 2 is 2.07 bits per heavy atom. The molecule has 78 valence electrons. The van der Waals surface area contributed by atoms with Crippen LogP contribution < -0.4 is 5.73 Å². The van der Waals surface area contributed by atoms with Gasteiger partial charge in [-0.05, 0) is 26.0 Å². The summed E-state index contributed by atoms with van der Waals surface area (Å²) in [5.74, 6) is 0.525. The first-order valence-corrected chi connectivity index (χ1v) is 5.49. The third-order valence-electron chi connectivity index (χ3n) is 2.47. The molecule has 1 aromatic rings. The van der Waals surface area contributed by atoms with Gasteiger partial charge in [0.15, 0.2) is 5.66 Å². The number of nitrogens with two attached hydrogens (primary N) is 1. The molecule has 0 saturated heterocycles. The fourth-order valence-electron chi connectivity index (χ4n) is 1.64. The van der Waals surface area contributed by atoms with Crippen LogP contribution in [-0.2, 0) is 5.66 Å². The number of hydrogen-bond acceptors (Lipinski definition) is 3. The number of aliphatic imine (C=N–C) groups is 2. The standard InChI is InChI=1S/C11H12BrN3/c1-7-10(13)15-11(2,14-7)8-4-3-5-9(12)6-8/h3-6H,1-2H3,(H2,13,15). The van der Waals surface area contributed by atoms with Crippen molar-refractivity contribution in [3.05, 3.63) is 34.3 Å². The molecule has 0 amide bonds. The van der Waals surface area contributed by atoms with Crippen molar-refractivity contribution in [3.8, 4) is 0 Å². The molecule has 3 nitrogen and oxygen atoms in total. The van der Waals surface area contributed by atoms with E-state index >= 15 is 0 Å². The van der Waals surface area contributed by atoms with E-state index in [1.807, 2.05) is 38.1 Å². The molecule has 0 spiro atoms.